The van der Waals surface area contributed by atoms with Gasteiger partial charge in [0.1, 0.15) is 11.6 Å². The zero-order valence-electron chi connectivity index (χ0n) is 10.5. The van der Waals surface area contributed by atoms with E-state index in [0.717, 1.165) is 13.0 Å². The van der Waals surface area contributed by atoms with E-state index in [1.54, 1.807) is 31.1 Å². The standard InChI is InChI=1S/C12H16F3N3/c1-8(4-10(14)12(15)9(2)13)5-18-6-11(16-3)17-7-18/h4,6-8,16H,5H2,1-3H3/b10-4+,12-9-. The first-order valence-electron chi connectivity index (χ1n) is 5.53. The van der Waals surface area contributed by atoms with Crippen LogP contribution in [0.1, 0.15) is 13.8 Å². The molecule has 1 aromatic heterocycles. The third kappa shape index (κ3) is 3.94. The Morgan fingerprint density at radius 1 is 1.50 bits per heavy atom. The van der Waals surface area contributed by atoms with E-state index in [2.05, 4.69) is 10.3 Å². The number of anilines is 1. The third-order valence-corrected chi connectivity index (χ3v) is 2.33. The zero-order valence-corrected chi connectivity index (χ0v) is 10.5. The maximum Gasteiger partial charge on any atom is 0.189 e. The summed E-state index contributed by atoms with van der Waals surface area (Å²) < 4.78 is 40.3. The normalized spacial score (nSPS) is 15.3. The summed E-state index contributed by atoms with van der Waals surface area (Å²) in [7, 11) is 1.74. The molecule has 0 saturated heterocycles. The minimum absolute atomic E-state index is 0.283. The van der Waals surface area contributed by atoms with E-state index >= 15 is 0 Å². The van der Waals surface area contributed by atoms with Crippen LogP contribution < -0.4 is 5.32 Å². The summed E-state index contributed by atoms with van der Waals surface area (Å²) in [6, 6.07) is 0. The Morgan fingerprint density at radius 2 is 2.17 bits per heavy atom. The lowest BCUT2D eigenvalue weighted by atomic mass is 10.1. The highest BCUT2D eigenvalue weighted by atomic mass is 19.2. The Kier molecular flexibility index (Phi) is 5.00. The lowest BCUT2D eigenvalue weighted by Crippen LogP contribution is -2.04. The van der Waals surface area contributed by atoms with Crippen LogP contribution in [0.5, 0.6) is 0 Å². The van der Waals surface area contributed by atoms with E-state index < -0.39 is 17.5 Å². The van der Waals surface area contributed by atoms with Crippen LogP contribution in [0.2, 0.25) is 0 Å². The predicted molar refractivity (Wildman–Crippen MR) is 65.0 cm³/mol. The van der Waals surface area contributed by atoms with E-state index in [-0.39, 0.29) is 5.92 Å². The molecule has 0 fully saturated rings. The molecule has 1 atom stereocenters. The van der Waals surface area contributed by atoms with Crippen molar-refractivity contribution in [3.8, 4) is 0 Å². The van der Waals surface area contributed by atoms with Crippen molar-refractivity contribution in [3.63, 3.8) is 0 Å². The number of halogens is 3. The second-order valence-electron chi connectivity index (χ2n) is 4.05. The molecule has 0 amide bonds. The van der Waals surface area contributed by atoms with E-state index in [9.17, 15) is 13.2 Å². The highest BCUT2D eigenvalue weighted by Gasteiger charge is 2.10. The van der Waals surface area contributed by atoms with Crippen molar-refractivity contribution < 1.29 is 13.2 Å². The third-order valence-electron chi connectivity index (χ3n) is 2.33. The summed E-state index contributed by atoms with van der Waals surface area (Å²) in [5.41, 5.74) is 0. The van der Waals surface area contributed by atoms with Crippen LogP contribution in [-0.2, 0) is 6.54 Å². The molecule has 0 aliphatic carbocycles. The molecular weight excluding hydrogens is 243 g/mol. The quantitative estimate of drug-likeness (QED) is 0.819. The summed E-state index contributed by atoms with van der Waals surface area (Å²) in [6.45, 7) is 3.02. The van der Waals surface area contributed by atoms with Crippen molar-refractivity contribution in [2.24, 2.45) is 5.92 Å². The fourth-order valence-corrected chi connectivity index (χ4v) is 1.46. The Balaban J connectivity index is 2.69. The fraction of sp³-hybridized carbons (Fsp3) is 0.417. The number of aromatic nitrogens is 2. The van der Waals surface area contributed by atoms with Crippen molar-refractivity contribution in [2.75, 3.05) is 12.4 Å². The van der Waals surface area contributed by atoms with Crippen LogP contribution in [-0.4, -0.2) is 16.6 Å². The highest BCUT2D eigenvalue weighted by molar-refractivity contribution is 5.29. The second-order valence-corrected chi connectivity index (χ2v) is 4.05. The number of allylic oxidation sites excluding steroid dienone is 4. The number of rotatable bonds is 5. The molecular formula is C12H16F3N3. The second kappa shape index (κ2) is 6.28. The van der Waals surface area contributed by atoms with Gasteiger partial charge in [0, 0.05) is 19.8 Å². The molecule has 1 heterocycles. The lowest BCUT2D eigenvalue weighted by Gasteiger charge is -2.07. The van der Waals surface area contributed by atoms with Gasteiger partial charge < -0.3 is 9.88 Å². The van der Waals surface area contributed by atoms with Gasteiger partial charge in [-0.1, -0.05) is 6.92 Å². The van der Waals surface area contributed by atoms with Crippen molar-refractivity contribution in [3.05, 3.63) is 36.1 Å². The smallest absolute Gasteiger partial charge is 0.189 e. The molecule has 1 unspecified atom stereocenters. The van der Waals surface area contributed by atoms with E-state index in [0.29, 0.717) is 12.4 Å². The molecule has 0 aromatic carbocycles. The number of nitrogens with zero attached hydrogens (tertiary/aromatic N) is 2. The van der Waals surface area contributed by atoms with Crippen LogP contribution >= 0.6 is 0 Å². The van der Waals surface area contributed by atoms with Gasteiger partial charge in [-0.3, -0.25) is 0 Å². The lowest BCUT2D eigenvalue weighted by molar-refractivity contribution is 0.480. The molecule has 0 aliphatic heterocycles. The maximum absolute atomic E-state index is 13.2. The molecule has 3 nitrogen and oxygen atoms in total. The highest BCUT2D eigenvalue weighted by Crippen LogP contribution is 2.20. The molecule has 18 heavy (non-hydrogen) atoms. The van der Waals surface area contributed by atoms with Crippen LogP contribution in [0.4, 0.5) is 19.0 Å². The Bertz CT molecular complexity index is 459. The van der Waals surface area contributed by atoms with Crippen LogP contribution in [0.15, 0.2) is 36.1 Å². The summed E-state index contributed by atoms with van der Waals surface area (Å²) in [6.07, 6.45) is 4.38. The van der Waals surface area contributed by atoms with Gasteiger partial charge >= 0.3 is 0 Å². The van der Waals surface area contributed by atoms with E-state index in [1.807, 2.05) is 0 Å². The molecule has 0 bridgehead atoms. The minimum atomic E-state index is -1.44. The monoisotopic (exact) mass is 259 g/mol. The molecule has 1 N–H and O–H groups in total. The van der Waals surface area contributed by atoms with Gasteiger partial charge in [0.15, 0.2) is 11.7 Å². The largest absolute Gasteiger partial charge is 0.372 e. The molecule has 1 aromatic rings. The Labute approximate surface area is 104 Å². The van der Waals surface area contributed by atoms with Gasteiger partial charge in [0.2, 0.25) is 0 Å². The van der Waals surface area contributed by atoms with Gasteiger partial charge in [-0.05, 0) is 18.9 Å². The first-order chi connectivity index (χ1) is 8.43. The zero-order chi connectivity index (χ0) is 13.7. The molecule has 0 saturated carbocycles. The van der Waals surface area contributed by atoms with Crippen LogP contribution in [0.25, 0.3) is 0 Å². The average molecular weight is 259 g/mol. The molecule has 100 valence electrons. The van der Waals surface area contributed by atoms with Crippen molar-refractivity contribution in [1.82, 2.24) is 9.55 Å². The molecule has 6 heteroatoms. The van der Waals surface area contributed by atoms with Crippen LogP contribution in [0, 0.1) is 5.92 Å². The first kappa shape index (κ1) is 14.3. The molecule has 0 radical (unpaired) electrons. The predicted octanol–water partition coefficient (Wildman–Crippen LogP) is 3.58. The minimum Gasteiger partial charge on any atom is -0.372 e. The summed E-state index contributed by atoms with van der Waals surface area (Å²) in [5, 5.41) is 2.86. The number of hydrogen-bond acceptors (Lipinski definition) is 2. The molecule has 0 spiro atoms. The first-order valence-corrected chi connectivity index (χ1v) is 5.53. The fourth-order valence-electron chi connectivity index (χ4n) is 1.46. The molecule has 0 aliphatic rings. The Morgan fingerprint density at radius 3 is 2.67 bits per heavy atom. The van der Waals surface area contributed by atoms with Crippen molar-refractivity contribution in [2.45, 2.75) is 20.4 Å². The topological polar surface area (TPSA) is 29.9 Å². The average Bonchev–Trinajstić information content (AvgIpc) is 2.75. The van der Waals surface area contributed by atoms with Gasteiger partial charge in [-0.15, -0.1) is 0 Å². The van der Waals surface area contributed by atoms with E-state index in [1.165, 1.54) is 0 Å². The molecule has 1 rings (SSSR count). The van der Waals surface area contributed by atoms with Crippen molar-refractivity contribution in [1.29, 1.82) is 0 Å². The number of imidazole rings is 1. The Hall–Kier alpha value is -1.72. The van der Waals surface area contributed by atoms with Crippen molar-refractivity contribution >= 4 is 5.82 Å². The van der Waals surface area contributed by atoms with Gasteiger partial charge in [-0.25, -0.2) is 18.2 Å². The van der Waals surface area contributed by atoms with Gasteiger partial charge in [-0.2, -0.15) is 0 Å². The van der Waals surface area contributed by atoms with Gasteiger partial charge in [0.05, 0.1) is 6.33 Å². The summed E-state index contributed by atoms with van der Waals surface area (Å²) in [5.74, 6) is -3.36. The SMILES string of the molecule is CNc1cn(CC(C)/C=C(F)\C(F)=C(/C)F)cn1. The number of nitrogens with one attached hydrogen (secondary N) is 1. The summed E-state index contributed by atoms with van der Waals surface area (Å²) >= 11 is 0. The number of hydrogen-bond donors (Lipinski definition) is 1. The van der Waals surface area contributed by atoms with Crippen LogP contribution in [0.3, 0.4) is 0 Å². The maximum atomic E-state index is 13.2. The van der Waals surface area contributed by atoms with Gasteiger partial charge in [0.25, 0.3) is 0 Å². The van der Waals surface area contributed by atoms with E-state index in [4.69, 9.17) is 0 Å². The summed E-state index contributed by atoms with van der Waals surface area (Å²) in [4.78, 5) is 4.02.